The van der Waals surface area contributed by atoms with Crippen molar-refractivity contribution >= 4 is 16.9 Å². The Morgan fingerprint density at radius 1 is 1.00 bits per heavy atom. The van der Waals surface area contributed by atoms with E-state index < -0.39 is 17.5 Å². The van der Waals surface area contributed by atoms with Gasteiger partial charge in [0, 0.05) is 35.7 Å². The van der Waals surface area contributed by atoms with Gasteiger partial charge in [0.1, 0.15) is 17.5 Å². The Morgan fingerprint density at radius 2 is 1.80 bits per heavy atom. The van der Waals surface area contributed by atoms with Crippen LogP contribution in [0.15, 0.2) is 36.4 Å². The second-order valence-electron chi connectivity index (χ2n) is 6.02. The van der Waals surface area contributed by atoms with Crippen LogP contribution in [0.3, 0.4) is 0 Å². The van der Waals surface area contributed by atoms with Gasteiger partial charge in [-0.2, -0.15) is 0 Å². The third-order valence-corrected chi connectivity index (χ3v) is 4.24. The fraction of sp³-hybridized carbons (Fsp3) is 0.222. The lowest BCUT2D eigenvalue weighted by Crippen LogP contribution is -2.23. The smallest absolute Gasteiger partial charge is 0.224 e. The molecule has 4 nitrogen and oxygen atoms in total. The van der Waals surface area contributed by atoms with Crippen molar-refractivity contribution in [1.29, 1.82) is 0 Å². The van der Waals surface area contributed by atoms with Gasteiger partial charge < -0.3 is 10.6 Å². The maximum atomic E-state index is 14.3. The summed E-state index contributed by atoms with van der Waals surface area (Å²) in [5, 5.41) is 6.91. The van der Waals surface area contributed by atoms with Gasteiger partial charge in [-0.25, -0.2) is 23.1 Å². The highest BCUT2D eigenvalue weighted by Gasteiger charge is 2.18. The number of rotatable bonds is 3. The summed E-state index contributed by atoms with van der Waals surface area (Å²) < 4.78 is 41.1. The molecule has 25 heavy (non-hydrogen) atoms. The van der Waals surface area contributed by atoms with Gasteiger partial charge in [0.05, 0.1) is 11.2 Å². The minimum absolute atomic E-state index is 0.146. The molecule has 2 heterocycles. The second kappa shape index (κ2) is 6.33. The Bertz CT molecular complexity index is 939. The largest absolute Gasteiger partial charge is 0.350 e. The standard InChI is InChI=1S/C18H15F3N4/c19-10-1-3-13(15(21)7-10)17-14-4-2-11(20)8-16(14)24-18(25-17)23-12-5-6-22-9-12/h1-4,7-8,12,22H,5-6,9H2,(H,23,24,25)/t12-/m0/s1. The topological polar surface area (TPSA) is 49.8 Å². The van der Waals surface area contributed by atoms with E-state index in [1.165, 1.54) is 30.3 Å². The van der Waals surface area contributed by atoms with Crippen LogP contribution in [0.4, 0.5) is 19.1 Å². The van der Waals surface area contributed by atoms with Crippen LogP contribution in [-0.2, 0) is 0 Å². The predicted molar refractivity (Wildman–Crippen MR) is 89.7 cm³/mol. The van der Waals surface area contributed by atoms with Crippen molar-refractivity contribution in [2.45, 2.75) is 12.5 Å². The lowest BCUT2D eigenvalue weighted by atomic mass is 10.1. The Hall–Kier alpha value is -2.67. The normalized spacial score (nSPS) is 17.2. The zero-order valence-electron chi connectivity index (χ0n) is 13.2. The molecule has 0 spiro atoms. The van der Waals surface area contributed by atoms with Crippen LogP contribution in [0.2, 0.25) is 0 Å². The quantitative estimate of drug-likeness (QED) is 0.764. The second-order valence-corrected chi connectivity index (χ2v) is 6.02. The molecule has 1 fully saturated rings. The van der Waals surface area contributed by atoms with Gasteiger partial charge in [-0.05, 0) is 37.2 Å². The molecular formula is C18H15F3N4. The maximum Gasteiger partial charge on any atom is 0.224 e. The number of anilines is 1. The summed E-state index contributed by atoms with van der Waals surface area (Å²) in [6, 6.07) is 7.51. The van der Waals surface area contributed by atoms with E-state index in [9.17, 15) is 13.2 Å². The summed E-state index contributed by atoms with van der Waals surface area (Å²) in [5.41, 5.74) is 0.811. The van der Waals surface area contributed by atoms with Gasteiger partial charge >= 0.3 is 0 Å². The zero-order valence-corrected chi connectivity index (χ0v) is 13.2. The van der Waals surface area contributed by atoms with Gasteiger partial charge in [0.2, 0.25) is 5.95 Å². The minimum Gasteiger partial charge on any atom is -0.350 e. The van der Waals surface area contributed by atoms with Crippen molar-refractivity contribution in [2.75, 3.05) is 18.4 Å². The molecule has 0 unspecified atom stereocenters. The first kappa shape index (κ1) is 15.8. The van der Waals surface area contributed by atoms with Crippen molar-refractivity contribution in [3.8, 4) is 11.3 Å². The van der Waals surface area contributed by atoms with Gasteiger partial charge in [-0.1, -0.05) is 0 Å². The lowest BCUT2D eigenvalue weighted by Gasteiger charge is -2.14. The highest BCUT2D eigenvalue weighted by atomic mass is 19.1. The van der Waals surface area contributed by atoms with Crippen LogP contribution in [0, 0.1) is 17.5 Å². The average Bonchev–Trinajstić information content (AvgIpc) is 3.07. The molecule has 7 heteroatoms. The van der Waals surface area contributed by atoms with Crippen LogP contribution in [-0.4, -0.2) is 29.1 Å². The molecule has 2 aromatic carbocycles. The van der Waals surface area contributed by atoms with Crippen LogP contribution >= 0.6 is 0 Å². The van der Waals surface area contributed by atoms with Gasteiger partial charge in [0.15, 0.2) is 0 Å². The molecule has 0 saturated carbocycles. The van der Waals surface area contributed by atoms with Crippen molar-refractivity contribution < 1.29 is 13.2 Å². The Labute approximate surface area is 142 Å². The van der Waals surface area contributed by atoms with Crippen LogP contribution in [0.25, 0.3) is 22.2 Å². The van der Waals surface area contributed by atoms with Crippen LogP contribution in [0.1, 0.15) is 6.42 Å². The maximum absolute atomic E-state index is 14.3. The molecule has 1 aliphatic rings. The monoisotopic (exact) mass is 344 g/mol. The average molecular weight is 344 g/mol. The summed E-state index contributed by atoms with van der Waals surface area (Å²) >= 11 is 0. The number of benzene rings is 2. The first-order valence-electron chi connectivity index (χ1n) is 8.00. The van der Waals surface area contributed by atoms with Crippen LogP contribution in [0.5, 0.6) is 0 Å². The number of halogens is 3. The van der Waals surface area contributed by atoms with Crippen molar-refractivity contribution in [3.05, 3.63) is 53.8 Å². The lowest BCUT2D eigenvalue weighted by molar-refractivity contribution is 0.585. The summed E-state index contributed by atoms with van der Waals surface area (Å²) in [6.45, 7) is 1.66. The molecule has 0 amide bonds. The van der Waals surface area contributed by atoms with Gasteiger partial charge in [-0.15, -0.1) is 0 Å². The number of aromatic nitrogens is 2. The number of hydrogen-bond donors (Lipinski definition) is 2. The zero-order chi connectivity index (χ0) is 17.4. The first-order valence-corrected chi connectivity index (χ1v) is 8.00. The molecule has 1 aliphatic heterocycles. The highest BCUT2D eigenvalue weighted by Crippen LogP contribution is 2.30. The van der Waals surface area contributed by atoms with E-state index >= 15 is 0 Å². The third-order valence-electron chi connectivity index (χ3n) is 4.24. The van der Waals surface area contributed by atoms with Gasteiger partial charge in [-0.3, -0.25) is 0 Å². The molecule has 4 rings (SSSR count). The Kier molecular flexibility index (Phi) is 4.01. The number of hydrogen-bond acceptors (Lipinski definition) is 4. The van der Waals surface area contributed by atoms with Crippen LogP contribution < -0.4 is 10.6 Å². The van der Waals surface area contributed by atoms with Crippen molar-refractivity contribution in [2.24, 2.45) is 0 Å². The Morgan fingerprint density at radius 3 is 2.56 bits per heavy atom. The van der Waals surface area contributed by atoms with E-state index in [0.717, 1.165) is 25.6 Å². The Balaban J connectivity index is 1.87. The molecule has 1 saturated heterocycles. The minimum atomic E-state index is -0.724. The summed E-state index contributed by atoms with van der Waals surface area (Å²) in [6.07, 6.45) is 0.908. The molecule has 2 N–H and O–H groups in total. The van der Waals surface area contributed by atoms with Gasteiger partial charge in [0.25, 0.3) is 0 Å². The molecule has 1 atom stereocenters. The third kappa shape index (κ3) is 3.15. The van der Waals surface area contributed by atoms with Crippen molar-refractivity contribution in [1.82, 2.24) is 15.3 Å². The molecule has 3 aromatic rings. The van der Waals surface area contributed by atoms with E-state index in [1.54, 1.807) is 0 Å². The highest BCUT2D eigenvalue weighted by molar-refractivity contribution is 5.93. The van der Waals surface area contributed by atoms with E-state index in [1.807, 2.05) is 0 Å². The van der Waals surface area contributed by atoms with E-state index in [4.69, 9.17) is 0 Å². The van der Waals surface area contributed by atoms with Crippen molar-refractivity contribution in [3.63, 3.8) is 0 Å². The number of fused-ring (bicyclic) bond motifs is 1. The molecule has 1 aromatic heterocycles. The predicted octanol–water partition coefficient (Wildman–Crippen LogP) is 3.49. The molecule has 0 bridgehead atoms. The number of nitrogens with one attached hydrogen (secondary N) is 2. The molecule has 0 radical (unpaired) electrons. The van der Waals surface area contributed by atoms with E-state index in [2.05, 4.69) is 20.6 Å². The summed E-state index contributed by atoms with van der Waals surface area (Å²) in [5.74, 6) is -1.53. The van der Waals surface area contributed by atoms with E-state index in [-0.39, 0.29) is 11.6 Å². The first-order chi connectivity index (χ1) is 12.1. The fourth-order valence-corrected chi connectivity index (χ4v) is 3.01. The summed E-state index contributed by atoms with van der Waals surface area (Å²) in [4.78, 5) is 8.77. The molecule has 0 aliphatic carbocycles. The fourth-order valence-electron chi connectivity index (χ4n) is 3.01. The molecular weight excluding hydrogens is 329 g/mol. The van der Waals surface area contributed by atoms with E-state index in [0.29, 0.717) is 22.5 Å². The number of nitrogens with zero attached hydrogens (tertiary/aromatic N) is 2. The SMILES string of the molecule is Fc1ccc(-c2nc(N[C@H]3CCNC3)nc3cc(F)ccc23)c(F)c1. The summed E-state index contributed by atoms with van der Waals surface area (Å²) in [7, 11) is 0. The molecule has 128 valence electrons.